The fraction of sp³-hybridized carbons (Fsp3) is 0.857. The van der Waals surface area contributed by atoms with Gasteiger partial charge in [0.15, 0.2) is 0 Å². The van der Waals surface area contributed by atoms with Gasteiger partial charge >= 0.3 is 0 Å². The van der Waals surface area contributed by atoms with Crippen LogP contribution in [0.2, 0.25) is 0 Å². The highest BCUT2D eigenvalue weighted by Gasteiger charge is 2.13. The van der Waals surface area contributed by atoms with Gasteiger partial charge in [0.05, 0.1) is 0 Å². The highest BCUT2D eigenvalue weighted by Crippen LogP contribution is 2.07. The van der Waals surface area contributed by atoms with E-state index in [4.69, 9.17) is 4.74 Å². The number of halogens is 1. The first-order chi connectivity index (χ1) is 4.72. The largest absolute Gasteiger partial charge is 0.370 e. The Balaban J connectivity index is 3.61. The summed E-state index contributed by atoms with van der Waals surface area (Å²) in [5.74, 6) is 0. The van der Waals surface area contributed by atoms with Gasteiger partial charge in [-0.2, -0.15) is 0 Å². The lowest BCUT2D eigenvalue weighted by Crippen LogP contribution is -2.18. The third-order valence-electron chi connectivity index (χ3n) is 1.17. The molecule has 0 aliphatic rings. The molecule has 1 atom stereocenters. The van der Waals surface area contributed by atoms with E-state index in [1.165, 1.54) is 0 Å². The van der Waals surface area contributed by atoms with Crippen LogP contribution in [0.3, 0.4) is 0 Å². The zero-order chi connectivity index (χ0) is 7.98. The van der Waals surface area contributed by atoms with Crippen LogP contribution in [-0.2, 0) is 9.53 Å². The van der Waals surface area contributed by atoms with Crippen LogP contribution >= 0.6 is 22.6 Å². The van der Waals surface area contributed by atoms with Crippen molar-refractivity contribution in [3.05, 3.63) is 0 Å². The summed E-state index contributed by atoms with van der Waals surface area (Å²) < 4.78 is 5.30. The third kappa shape index (κ3) is 4.22. The molecule has 0 aromatic rings. The Morgan fingerprint density at radius 3 is 2.50 bits per heavy atom. The lowest BCUT2D eigenvalue weighted by molar-refractivity contribution is -0.119. The van der Waals surface area contributed by atoms with E-state index < -0.39 is 0 Å². The van der Waals surface area contributed by atoms with Crippen molar-refractivity contribution < 1.29 is 9.53 Å². The summed E-state index contributed by atoms with van der Waals surface area (Å²) in [6.07, 6.45) is 1.67. The number of carbonyl (C=O) groups is 1. The molecular weight excluding hydrogens is 243 g/mol. The number of ether oxygens (including phenoxy) is 1. The Hall–Kier alpha value is 0.360. The van der Waals surface area contributed by atoms with E-state index in [9.17, 15) is 4.79 Å². The highest BCUT2D eigenvalue weighted by molar-refractivity contribution is 14.1. The molecule has 0 aliphatic carbocycles. The van der Waals surface area contributed by atoms with Gasteiger partial charge in [-0.15, -0.1) is 0 Å². The number of hydrogen-bond acceptors (Lipinski definition) is 2. The smallest absolute Gasteiger partial charge is 0.220 e. The fourth-order valence-corrected chi connectivity index (χ4v) is 1.22. The predicted molar refractivity (Wildman–Crippen MR) is 49.3 cm³/mol. The van der Waals surface area contributed by atoms with Crippen LogP contribution in [0, 0.1) is 0 Å². The van der Waals surface area contributed by atoms with E-state index in [1.807, 2.05) is 13.8 Å². The molecule has 0 spiro atoms. The normalized spacial score (nSPS) is 13.1. The van der Waals surface area contributed by atoms with Gasteiger partial charge in [-0.1, -0.05) is 13.3 Å². The standard InChI is InChI=1S/C7H13IO2/c1-3-5-6(7(8)9)10-4-2/h6H,3-5H2,1-2H3. The minimum Gasteiger partial charge on any atom is -0.370 e. The number of hydrogen-bond donors (Lipinski definition) is 0. The van der Waals surface area contributed by atoms with Crippen molar-refractivity contribution in [2.75, 3.05) is 6.61 Å². The molecule has 0 aliphatic heterocycles. The Bertz CT molecular complexity index is 97.8. The van der Waals surface area contributed by atoms with Crippen molar-refractivity contribution in [3.63, 3.8) is 0 Å². The minimum absolute atomic E-state index is 0.112. The number of rotatable bonds is 5. The third-order valence-corrected chi connectivity index (χ3v) is 1.87. The molecule has 0 fully saturated rings. The van der Waals surface area contributed by atoms with E-state index in [1.54, 1.807) is 22.6 Å². The van der Waals surface area contributed by atoms with Crippen LogP contribution in [0.5, 0.6) is 0 Å². The quantitative estimate of drug-likeness (QED) is 0.556. The average molecular weight is 256 g/mol. The summed E-state index contributed by atoms with van der Waals surface area (Å²) in [5, 5.41) is 0. The molecule has 0 heterocycles. The molecule has 0 N–H and O–H groups in total. The molecule has 0 rings (SSSR count). The molecule has 0 aromatic heterocycles. The van der Waals surface area contributed by atoms with Gasteiger partial charge in [-0.05, 0) is 13.3 Å². The molecule has 0 radical (unpaired) electrons. The summed E-state index contributed by atoms with van der Waals surface area (Å²) in [7, 11) is 0. The van der Waals surface area contributed by atoms with Crippen molar-refractivity contribution in [2.45, 2.75) is 32.8 Å². The van der Waals surface area contributed by atoms with Crippen LogP contribution in [0.1, 0.15) is 26.7 Å². The Labute approximate surface area is 75.5 Å². The van der Waals surface area contributed by atoms with E-state index >= 15 is 0 Å². The summed E-state index contributed by atoms with van der Waals surface area (Å²) in [6.45, 7) is 4.58. The summed E-state index contributed by atoms with van der Waals surface area (Å²) in [4.78, 5) is 10.8. The number of carbonyl (C=O) groups excluding carboxylic acids is 1. The second kappa shape index (κ2) is 6.09. The van der Waals surface area contributed by atoms with Crippen molar-refractivity contribution in [3.8, 4) is 0 Å². The predicted octanol–water partition coefficient (Wildman–Crippen LogP) is 2.15. The molecular formula is C7H13IO2. The second-order valence-electron chi connectivity index (χ2n) is 2.04. The van der Waals surface area contributed by atoms with Crippen LogP contribution in [0.15, 0.2) is 0 Å². The topological polar surface area (TPSA) is 26.3 Å². The van der Waals surface area contributed by atoms with E-state index in [-0.39, 0.29) is 9.89 Å². The molecule has 0 saturated heterocycles. The Morgan fingerprint density at radius 2 is 2.20 bits per heavy atom. The van der Waals surface area contributed by atoms with Gasteiger partial charge in [0, 0.05) is 29.2 Å². The van der Waals surface area contributed by atoms with Gasteiger partial charge in [0.1, 0.15) is 6.10 Å². The fourth-order valence-electron chi connectivity index (χ4n) is 0.726. The second-order valence-corrected chi connectivity index (χ2v) is 3.10. The highest BCUT2D eigenvalue weighted by atomic mass is 127. The van der Waals surface area contributed by atoms with Crippen molar-refractivity contribution >= 4 is 26.4 Å². The molecule has 3 heteroatoms. The first kappa shape index (κ1) is 10.4. The molecule has 2 nitrogen and oxygen atoms in total. The monoisotopic (exact) mass is 256 g/mol. The van der Waals surface area contributed by atoms with E-state index in [0.717, 1.165) is 12.8 Å². The summed E-state index contributed by atoms with van der Waals surface area (Å²) in [5.41, 5.74) is 0. The maximum Gasteiger partial charge on any atom is 0.220 e. The van der Waals surface area contributed by atoms with Crippen molar-refractivity contribution in [1.82, 2.24) is 0 Å². The van der Waals surface area contributed by atoms with Gasteiger partial charge in [0.2, 0.25) is 3.79 Å². The van der Waals surface area contributed by atoms with Gasteiger partial charge in [0.25, 0.3) is 0 Å². The Morgan fingerprint density at radius 1 is 1.60 bits per heavy atom. The summed E-state index contributed by atoms with van der Waals surface area (Å²) >= 11 is 1.79. The minimum atomic E-state index is -0.171. The SMILES string of the molecule is CCCC(OCC)C(=O)I. The zero-order valence-electron chi connectivity index (χ0n) is 6.39. The lowest BCUT2D eigenvalue weighted by Gasteiger charge is -2.10. The van der Waals surface area contributed by atoms with Crippen molar-refractivity contribution in [2.24, 2.45) is 0 Å². The zero-order valence-corrected chi connectivity index (χ0v) is 8.55. The lowest BCUT2D eigenvalue weighted by atomic mass is 10.2. The van der Waals surface area contributed by atoms with Crippen molar-refractivity contribution in [1.29, 1.82) is 0 Å². The molecule has 60 valence electrons. The van der Waals surface area contributed by atoms with Crippen LogP contribution < -0.4 is 0 Å². The van der Waals surface area contributed by atoms with E-state index in [0.29, 0.717) is 6.61 Å². The molecule has 10 heavy (non-hydrogen) atoms. The van der Waals surface area contributed by atoms with Gasteiger partial charge in [-0.25, -0.2) is 0 Å². The molecule has 0 amide bonds. The molecule has 0 bridgehead atoms. The van der Waals surface area contributed by atoms with E-state index in [2.05, 4.69) is 0 Å². The molecule has 0 aromatic carbocycles. The first-order valence-corrected chi connectivity index (χ1v) is 4.61. The Kier molecular flexibility index (Phi) is 6.31. The average Bonchev–Trinajstić information content (AvgIpc) is 1.87. The van der Waals surface area contributed by atoms with Gasteiger partial charge in [-0.3, -0.25) is 4.79 Å². The van der Waals surface area contributed by atoms with Gasteiger partial charge < -0.3 is 4.74 Å². The molecule has 1 unspecified atom stereocenters. The van der Waals surface area contributed by atoms with Crippen LogP contribution in [0.25, 0.3) is 0 Å². The maximum absolute atomic E-state index is 10.8. The first-order valence-electron chi connectivity index (χ1n) is 3.53. The maximum atomic E-state index is 10.8. The molecule has 0 saturated carbocycles. The van der Waals surface area contributed by atoms with Crippen LogP contribution in [-0.4, -0.2) is 16.5 Å². The summed E-state index contributed by atoms with van der Waals surface area (Å²) in [6, 6.07) is 0. The van der Waals surface area contributed by atoms with Crippen LogP contribution in [0.4, 0.5) is 0 Å².